The zero-order valence-corrected chi connectivity index (χ0v) is 16.3. The largest absolute Gasteiger partial charge is 0.376 e. The molecule has 5 atom stereocenters. The van der Waals surface area contributed by atoms with Crippen molar-refractivity contribution < 1.29 is 28.8 Å². The Hall–Kier alpha value is -1.80. The van der Waals surface area contributed by atoms with Crippen LogP contribution in [0.15, 0.2) is 60.7 Å². The number of rotatable bonds is 9. The van der Waals surface area contributed by atoms with Gasteiger partial charge in [0.15, 0.2) is 6.29 Å². The zero-order chi connectivity index (χ0) is 19.8. The lowest BCUT2D eigenvalue weighted by Gasteiger charge is -2.43. The smallest absolute Gasteiger partial charge is 0.184 e. The first-order chi connectivity index (χ1) is 13.7. The topological polar surface area (TPSA) is 66.4 Å². The van der Waals surface area contributed by atoms with Crippen LogP contribution >= 0.6 is 0 Å². The van der Waals surface area contributed by atoms with Crippen LogP contribution in [-0.2, 0) is 36.9 Å². The highest BCUT2D eigenvalue weighted by atomic mass is 16.7. The number of hydrogen-bond donors (Lipinski definition) is 1. The van der Waals surface area contributed by atoms with E-state index >= 15 is 0 Å². The highest BCUT2D eigenvalue weighted by Gasteiger charge is 2.47. The van der Waals surface area contributed by atoms with Gasteiger partial charge in [0.25, 0.3) is 0 Å². The molecular formula is C22H28O6. The third-order valence-corrected chi connectivity index (χ3v) is 4.83. The van der Waals surface area contributed by atoms with E-state index in [1.807, 2.05) is 60.7 Å². The number of aliphatic hydroxyl groups is 1. The molecular weight excluding hydrogens is 360 g/mol. The number of ether oxygens (including phenoxy) is 5. The minimum absolute atomic E-state index is 0.274. The first-order valence-corrected chi connectivity index (χ1v) is 9.39. The average Bonchev–Trinajstić information content (AvgIpc) is 2.74. The molecule has 1 heterocycles. The Kier molecular flexibility index (Phi) is 7.97. The summed E-state index contributed by atoms with van der Waals surface area (Å²) in [6, 6.07) is 19.6. The molecule has 0 radical (unpaired) electrons. The fourth-order valence-corrected chi connectivity index (χ4v) is 3.39. The second-order valence-electron chi connectivity index (χ2n) is 6.73. The van der Waals surface area contributed by atoms with E-state index < -0.39 is 30.7 Å². The van der Waals surface area contributed by atoms with E-state index in [0.717, 1.165) is 11.1 Å². The van der Waals surface area contributed by atoms with E-state index in [9.17, 15) is 5.11 Å². The van der Waals surface area contributed by atoms with Crippen molar-refractivity contribution in [3.8, 4) is 0 Å². The molecule has 6 nitrogen and oxygen atoms in total. The quantitative estimate of drug-likeness (QED) is 0.712. The molecule has 28 heavy (non-hydrogen) atoms. The maximum atomic E-state index is 10.5. The average molecular weight is 388 g/mol. The van der Waals surface area contributed by atoms with E-state index in [4.69, 9.17) is 23.7 Å². The molecule has 6 heteroatoms. The van der Waals surface area contributed by atoms with Crippen LogP contribution in [0, 0.1) is 0 Å². The van der Waals surface area contributed by atoms with Crippen LogP contribution in [0.25, 0.3) is 0 Å². The fraction of sp³-hybridized carbons (Fsp3) is 0.455. The summed E-state index contributed by atoms with van der Waals surface area (Å²) in [5, 5.41) is 10.5. The Morgan fingerprint density at radius 3 is 1.93 bits per heavy atom. The summed E-state index contributed by atoms with van der Waals surface area (Å²) in [6.45, 7) is 1.08. The van der Waals surface area contributed by atoms with Gasteiger partial charge in [0.2, 0.25) is 0 Å². The van der Waals surface area contributed by atoms with E-state index in [1.165, 1.54) is 0 Å². The molecule has 3 rings (SSSR count). The third-order valence-electron chi connectivity index (χ3n) is 4.83. The molecule has 0 unspecified atom stereocenters. The molecule has 0 spiro atoms. The number of hydrogen-bond acceptors (Lipinski definition) is 6. The van der Waals surface area contributed by atoms with Gasteiger partial charge in [-0.3, -0.25) is 0 Å². The SMILES string of the molecule is CO[C@@H]1[C@@H](OCc2ccccc2)[C@@H](O)O[C@H](COCc2ccccc2)[C@H]1OC. The van der Waals surface area contributed by atoms with Crippen molar-refractivity contribution in [2.45, 2.75) is 43.9 Å². The second kappa shape index (κ2) is 10.7. The molecule has 0 amide bonds. The summed E-state index contributed by atoms with van der Waals surface area (Å²) in [5.74, 6) is 0. The van der Waals surface area contributed by atoms with Gasteiger partial charge >= 0.3 is 0 Å². The number of aliphatic hydroxyl groups excluding tert-OH is 1. The molecule has 0 saturated carbocycles. The lowest BCUT2D eigenvalue weighted by atomic mass is 9.98. The van der Waals surface area contributed by atoms with Crippen LogP contribution < -0.4 is 0 Å². The molecule has 1 N–H and O–H groups in total. The molecule has 1 saturated heterocycles. The summed E-state index contributed by atoms with van der Waals surface area (Å²) >= 11 is 0. The Morgan fingerprint density at radius 1 is 0.786 bits per heavy atom. The Balaban J connectivity index is 1.59. The molecule has 0 bridgehead atoms. The van der Waals surface area contributed by atoms with Crippen LogP contribution in [0.4, 0.5) is 0 Å². The highest BCUT2D eigenvalue weighted by Crippen LogP contribution is 2.27. The molecule has 152 valence electrons. The minimum Gasteiger partial charge on any atom is -0.376 e. The van der Waals surface area contributed by atoms with Crippen molar-refractivity contribution in [3.63, 3.8) is 0 Å². The first-order valence-electron chi connectivity index (χ1n) is 9.39. The first kappa shape index (κ1) is 20.9. The predicted octanol–water partition coefficient (Wildman–Crippen LogP) is 2.54. The van der Waals surface area contributed by atoms with Gasteiger partial charge in [-0.15, -0.1) is 0 Å². The van der Waals surface area contributed by atoms with Gasteiger partial charge in [0.05, 0.1) is 19.8 Å². The monoisotopic (exact) mass is 388 g/mol. The van der Waals surface area contributed by atoms with Crippen molar-refractivity contribution in [2.24, 2.45) is 0 Å². The summed E-state index contributed by atoms with van der Waals surface area (Å²) in [6.07, 6.45) is -3.18. The molecule has 2 aromatic carbocycles. The number of methoxy groups -OCH3 is 2. The second-order valence-corrected chi connectivity index (χ2v) is 6.73. The summed E-state index contributed by atoms with van der Waals surface area (Å²) < 4.78 is 28.7. The maximum absolute atomic E-state index is 10.5. The molecule has 1 fully saturated rings. The van der Waals surface area contributed by atoms with E-state index in [0.29, 0.717) is 13.2 Å². The van der Waals surface area contributed by atoms with Crippen LogP contribution in [-0.4, -0.2) is 56.6 Å². The number of benzene rings is 2. The maximum Gasteiger partial charge on any atom is 0.184 e. The summed E-state index contributed by atoms with van der Waals surface area (Å²) in [7, 11) is 3.17. The van der Waals surface area contributed by atoms with Crippen molar-refractivity contribution in [1.29, 1.82) is 0 Å². The van der Waals surface area contributed by atoms with Crippen LogP contribution in [0.5, 0.6) is 0 Å². The van der Waals surface area contributed by atoms with Crippen LogP contribution in [0.2, 0.25) is 0 Å². The van der Waals surface area contributed by atoms with Gasteiger partial charge in [0, 0.05) is 14.2 Å². The minimum atomic E-state index is -1.13. The normalized spacial score (nSPS) is 27.6. The van der Waals surface area contributed by atoms with Gasteiger partial charge in [-0.2, -0.15) is 0 Å². The van der Waals surface area contributed by atoms with Gasteiger partial charge < -0.3 is 28.8 Å². The van der Waals surface area contributed by atoms with Crippen molar-refractivity contribution in [3.05, 3.63) is 71.8 Å². The van der Waals surface area contributed by atoms with Crippen LogP contribution in [0.3, 0.4) is 0 Å². The standard InChI is InChI=1S/C22H28O6/c1-24-19-18(15-26-13-16-9-5-3-6-10-16)28-22(23)21(20(19)25-2)27-14-17-11-7-4-8-12-17/h3-12,18-23H,13-15H2,1-2H3/t18-,19-,20+,21-,22+/m1/s1. The van der Waals surface area contributed by atoms with E-state index in [1.54, 1.807) is 14.2 Å². The summed E-state index contributed by atoms with van der Waals surface area (Å²) in [5.41, 5.74) is 2.08. The van der Waals surface area contributed by atoms with Gasteiger partial charge in [-0.05, 0) is 11.1 Å². The Morgan fingerprint density at radius 2 is 1.36 bits per heavy atom. The molecule has 1 aliphatic rings. The van der Waals surface area contributed by atoms with Gasteiger partial charge in [-0.1, -0.05) is 60.7 Å². The molecule has 2 aromatic rings. The zero-order valence-electron chi connectivity index (χ0n) is 16.3. The molecule has 0 aromatic heterocycles. The van der Waals surface area contributed by atoms with Crippen molar-refractivity contribution >= 4 is 0 Å². The van der Waals surface area contributed by atoms with E-state index in [-0.39, 0.29) is 6.61 Å². The van der Waals surface area contributed by atoms with E-state index in [2.05, 4.69) is 0 Å². The van der Waals surface area contributed by atoms with Crippen LogP contribution in [0.1, 0.15) is 11.1 Å². The predicted molar refractivity (Wildman–Crippen MR) is 104 cm³/mol. The highest BCUT2D eigenvalue weighted by molar-refractivity contribution is 5.14. The van der Waals surface area contributed by atoms with Gasteiger partial charge in [0.1, 0.15) is 24.4 Å². The van der Waals surface area contributed by atoms with Crippen molar-refractivity contribution in [1.82, 2.24) is 0 Å². The third kappa shape index (κ3) is 5.38. The molecule has 1 aliphatic heterocycles. The lowest BCUT2D eigenvalue weighted by Crippen LogP contribution is -2.60. The summed E-state index contributed by atoms with van der Waals surface area (Å²) in [4.78, 5) is 0. The van der Waals surface area contributed by atoms with Crippen molar-refractivity contribution in [2.75, 3.05) is 20.8 Å². The fourth-order valence-electron chi connectivity index (χ4n) is 3.39. The Labute approximate surface area is 165 Å². The van der Waals surface area contributed by atoms with Gasteiger partial charge in [-0.25, -0.2) is 0 Å². The Bertz CT molecular complexity index is 680. The molecule has 0 aliphatic carbocycles. The lowest BCUT2D eigenvalue weighted by molar-refractivity contribution is -0.307.